The van der Waals surface area contributed by atoms with Crippen LogP contribution in [0.15, 0.2) is 24.8 Å². The first-order valence-electron chi connectivity index (χ1n) is 7.63. The molecule has 20 heavy (non-hydrogen) atoms. The normalized spacial score (nSPS) is 16.9. The largest absolute Gasteiger partial charge is 0.380 e. The lowest BCUT2D eigenvalue weighted by Gasteiger charge is -2.32. The number of unbranched alkanes of at least 4 members (excludes halogenated alkanes) is 1. The Morgan fingerprint density at radius 2 is 1.95 bits per heavy atom. The van der Waals surface area contributed by atoms with Crippen molar-refractivity contribution in [2.24, 2.45) is 17.3 Å². The molecule has 2 heteroatoms. The lowest BCUT2D eigenvalue weighted by molar-refractivity contribution is -0.134. The van der Waals surface area contributed by atoms with E-state index in [4.69, 9.17) is 4.74 Å². The highest BCUT2D eigenvalue weighted by molar-refractivity contribution is 5.88. The first-order valence-corrected chi connectivity index (χ1v) is 7.63. The second kappa shape index (κ2) is 9.12. The zero-order valence-electron chi connectivity index (χ0n) is 14.1. The highest BCUT2D eigenvalue weighted by Gasteiger charge is 2.35. The van der Waals surface area contributed by atoms with Crippen LogP contribution >= 0.6 is 0 Å². The third-order valence-electron chi connectivity index (χ3n) is 4.03. The van der Waals surface area contributed by atoms with E-state index in [9.17, 15) is 4.79 Å². The van der Waals surface area contributed by atoms with Gasteiger partial charge in [0.1, 0.15) is 5.78 Å². The van der Waals surface area contributed by atoms with Gasteiger partial charge in [-0.2, -0.15) is 0 Å². The fourth-order valence-corrected chi connectivity index (χ4v) is 2.91. The van der Waals surface area contributed by atoms with Gasteiger partial charge in [0.25, 0.3) is 0 Å². The van der Waals surface area contributed by atoms with Crippen molar-refractivity contribution < 1.29 is 9.53 Å². The van der Waals surface area contributed by atoms with E-state index in [0.717, 1.165) is 19.3 Å². The second-order valence-corrected chi connectivity index (χ2v) is 6.27. The molecule has 0 heterocycles. The van der Waals surface area contributed by atoms with Crippen LogP contribution in [0.25, 0.3) is 0 Å². The van der Waals surface area contributed by atoms with Crippen LogP contribution in [-0.4, -0.2) is 19.0 Å². The quantitative estimate of drug-likeness (QED) is 0.424. The van der Waals surface area contributed by atoms with Crippen LogP contribution in [-0.2, 0) is 9.53 Å². The van der Waals surface area contributed by atoms with Crippen LogP contribution in [0.4, 0.5) is 0 Å². The van der Waals surface area contributed by atoms with Crippen LogP contribution < -0.4 is 0 Å². The van der Waals surface area contributed by atoms with Crippen molar-refractivity contribution in [3.8, 4) is 0 Å². The Hall–Kier alpha value is -0.890. The Labute approximate surface area is 125 Å². The molecule has 0 N–H and O–H groups in total. The molecule has 0 fully saturated rings. The molecule has 0 aliphatic carbocycles. The highest BCUT2D eigenvalue weighted by atomic mass is 16.5. The van der Waals surface area contributed by atoms with Crippen LogP contribution in [0.5, 0.6) is 0 Å². The van der Waals surface area contributed by atoms with Crippen LogP contribution in [0.1, 0.15) is 53.9 Å². The zero-order valence-corrected chi connectivity index (χ0v) is 14.1. The molecule has 0 saturated carbocycles. The number of hydrogen-bond donors (Lipinski definition) is 0. The van der Waals surface area contributed by atoms with Crippen molar-refractivity contribution >= 4 is 5.78 Å². The van der Waals surface area contributed by atoms with E-state index in [-0.39, 0.29) is 17.8 Å². The lowest BCUT2D eigenvalue weighted by Crippen LogP contribution is -2.39. The van der Waals surface area contributed by atoms with Crippen molar-refractivity contribution in [3.63, 3.8) is 0 Å². The summed E-state index contributed by atoms with van der Waals surface area (Å²) in [6, 6.07) is 0. The van der Waals surface area contributed by atoms with Gasteiger partial charge >= 0.3 is 0 Å². The molecule has 0 aliphatic heterocycles. The topological polar surface area (TPSA) is 26.3 Å². The lowest BCUT2D eigenvalue weighted by atomic mass is 9.76. The molecule has 0 rings (SSSR count). The minimum atomic E-state index is -0.425. The fraction of sp³-hybridized carbons (Fsp3) is 0.722. The van der Waals surface area contributed by atoms with E-state index in [2.05, 4.69) is 13.5 Å². The van der Waals surface area contributed by atoms with Gasteiger partial charge in [0.05, 0.1) is 6.10 Å². The summed E-state index contributed by atoms with van der Waals surface area (Å²) in [5.74, 6) is 0.531. The van der Waals surface area contributed by atoms with Gasteiger partial charge in [-0.3, -0.25) is 4.79 Å². The number of ketones is 1. The van der Waals surface area contributed by atoms with E-state index in [1.165, 1.54) is 0 Å². The molecule has 3 unspecified atom stereocenters. The predicted octanol–water partition coefficient (Wildman–Crippen LogP) is 4.80. The first-order chi connectivity index (χ1) is 9.31. The number of carbonyl (C=O) groups excluding carboxylic acids is 1. The van der Waals surface area contributed by atoms with E-state index in [0.29, 0.717) is 5.92 Å². The van der Waals surface area contributed by atoms with Gasteiger partial charge in [-0.15, -0.1) is 6.58 Å². The molecule has 3 atom stereocenters. The Bertz CT molecular complexity index is 328. The van der Waals surface area contributed by atoms with Crippen molar-refractivity contribution in [1.29, 1.82) is 0 Å². The number of methoxy groups -OCH3 is 1. The summed E-state index contributed by atoms with van der Waals surface area (Å²) >= 11 is 0. The number of hydrogen-bond acceptors (Lipinski definition) is 2. The Morgan fingerprint density at radius 3 is 2.40 bits per heavy atom. The monoisotopic (exact) mass is 280 g/mol. The van der Waals surface area contributed by atoms with Crippen molar-refractivity contribution in [2.45, 2.75) is 60.0 Å². The van der Waals surface area contributed by atoms with Crippen molar-refractivity contribution in [3.05, 3.63) is 24.8 Å². The summed E-state index contributed by atoms with van der Waals surface area (Å²) in [5.41, 5.74) is -0.425. The zero-order chi connectivity index (χ0) is 15.8. The van der Waals surface area contributed by atoms with Crippen LogP contribution in [0, 0.1) is 17.3 Å². The Kier molecular flexibility index (Phi) is 8.71. The molecule has 0 radical (unpaired) electrons. The molecule has 2 nitrogen and oxygen atoms in total. The Balaban J connectivity index is 4.79. The van der Waals surface area contributed by atoms with Crippen molar-refractivity contribution in [1.82, 2.24) is 0 Å². The molecule has 0 bridgehead atoms. The third-order valence-corrected chi connectivity index (χ3v) is 4.03. The minimum absolute atomic E-state index is 0.0168. The van der Waals surface area contributed by atoms with Gasteiger partial charge in [-0.25, -0.2) is 0 Å². The van der Waals surface area contributed by atoms with Gasteiger partial charge < -0.3 is 4.74 Å². The molecule has 0 amide bonds. The average Bonchev–Trinajstić information content (AvgIpc) is 2.38. The van der Waals surface area contributed by atoms with Crippen LogP contribution in [0.3, 0.4) is 0 Å². The number of Topliss-reactive ketones (excluding diaryl/α,β-unsaturated/α-hetero) is 1. The van der Waals surface area contributed by atoms with E-state index in [1.54, 1.807) is 7.11 Å². The first kappa shape index (κ1) is 19.1. The summed E-state index contributed by atoms with van der Waals surface area (Å²) in [5, 5.41) is 0. The maximum Gasteiger partial charge on any atom is 0.147 e. The second-order valence-electron chi connectivity index (χ2n) is 6.27. The molecule has 0 aliphatic rings. The molecular formula is C18H32O2. The smallest absolute Gasteiger partial charge is 0.147 e. The molecule has 0 spiro atoms. The van der Waals surface area contributed by atoms with Gasteiger partial charge in [0.15, 0.2) is 0 Å². The van der Waals surface area contributed by atoms with Crippen molar-refractivity contribution in [2.75, 3.05) is 7.11 Å². The van der Waals surface area contributed by atoms with E-state index >= 15 is 0 Å². The van der Waals surface area contributed by atoms with Gasteiger partial charge in [-0.05, 0) is 46.0 Å². The molecule has 0 aromatic rings. The van der Waals surface area contributed by atoms with Gasteiger partial charge in [-0.1, -0.05) is 32.1 Å². The van der Waals surface area contributed by atoms with Gasteiger partial charge in [0, 0.05) is 18.4 Å². The number of allylic oxidation sites excluding steroid dienone is 3. The molecular weight excluding hydrogens is 248 g/mol. The summed E-state index contributed by atoms with van der Waals surface area (Å²) in [6.07, 6.45) is 9.03. The summed E-state index contributed by atoms with van der Waals surface area (Å²) in [7, 11) is 1.71. The fourth-order valence-electron chi connectivity index (χ4n) is 2.91. The number of rotatable bonds is 10. The SMILES string of the molecule is C=CCCCC(C)C(OC)C(C)C(=O)C(C)(C)/C=C/C. The van der Waals surface area contributed by atoms with E-state index in [1.807, 2.05) is 45.9 Å². The maximum atomic E-state index is 12.6. The predicted molar refractivity (Wildman–Crippen MR) is 86.8 cm³/mol. The summed E-state index contributed by atoms with van der Waals surface area (Å²) < 4.78 is 5.63. The molecule has 116 valence electrons. The molecule has 0 aromatic heterocycles. The van der Waals surface area contributed by atoms with Gasteiger partial charge in [0.2, 0.25) is 0 Å². The summed E-state index contributed by atoms with van der Waals surface area (Å²) in [6.45, 7) is 13.8. The molecule has 0 aromatic carbocycles. The standard InChI is InChI=1S/C18H32O2/c1-8-10-11-12-14(3)16(20-7)15(4)17(19)18(5,6)13-9-2/h8-9,13-16H,1,10-12H2,2-7H3/b13-9+. The van der Waals surface area contributed by atoms with E-state index < -0.39 is 5.41 Å². The maximum absolute atomic E-state index is 12.6. The molecule has 0 saturated heterocycles. The Morgan fingerprint density at radius 1 is 1.35 bits per heavy atom. The number of carbonyl (C=O) groups is 1. The average molecular weight is 280 g/mol. The number of ether oxygens (including phenoxy) is 1. The third kappa shape index (κ3) is 5.62. The van der Waals surface area contributed by atoms with Crippen LogP contribution in [0.2, 0.25) is 0 Å². The highest BCUT2D eigenvalue weighted by Crippen LogP contribution is 2.29. The minimum Gasteiger partial charge on any atom is -0.380 e. The summed E-state index contributed by atoms with van der Waals surface area (Å²) in [4.78, 5) is 12.6.